The number of carbonyl (C=O) groups excluding carboxylic acids is 1. The molecule has 0 bridgehead atoms. The van der Waals surface area contributed by atoms with Crippen LogP contribution in [0.25, 0.3) is 0 Å². The molecule has 0 saturated heterocycles. The molecule has 25 heavy (non-hydrogen) atoms. The standard InChI is InChI=1S/C22H32O3/c1-21-11-8-16(24)14-15(21)4-5-17-18(21)9-12-22(10-2-3-13-23)19(17)6-7-20(22)25/h4-5,14,17-20,23,25H,2-3,6-13H2,1H3/t17-,18+,19+,20+,21+,22+/m1/s1. The third-order valence-electron chi connectivity index (χ3n) is 8.24. The van der Waals surface area contributed by atoms with Crippen LogP contribution in [0.1, 0.15) is 64.7 Å². The molecule has 0 radical (unpaired) electrons. The lowest BCUT2D eigenvalue weighted by Crippen LogP contribution is -2.50. The minimum absolute atomic E-state index is 0.0583. The Kier molecular flexibility index (Phi) is 4.44. The van der Waals surface area contributed by atoms with Gasteiger partial charge in [-0.15, -0.1) is 0 Å². The van der Waals surface area contributed by atoms with Crippen LogP contribution < -0.4 is 0 Å². The molecule has 0 aromatic heterocycles. The molecule has 0 aromatic rings. The topological polar surface area (TPSA) is 57.5 Å². The van der Waals surface area contributed by atoms with Crippen molar-refractivity contribution in [3.05, 3.63) is 23.8 Å². The van der Waals surface area contributed by atoms with Gasteiger partial charge in [-0.25, -0.2) is 0 Å². The molecule has 0 aromatic carbocycles. The summed E-state index contributed by atoms with van der Waals surface area (Å²) in [6.45, 7) is 2.62. The zero-order valence-corrected chi connectivity index (χ0v) is 15.4. The highest BCUT2D eigenvalue weighted by atomic mass is 16.3. The van der Waals surface area contributed by atoms with Gasteiger partial charge in [-0.1, -0.05) is 25.5 Å². The number of aliphatic hydroxyl groups excluding tert-OH is 2. The summed E-state index contributed by atoms with van der Waals surface area (Å²) in [4.78, 5) is 11.9. The molecule has 0 aliphatic heterocycles. The Labute approximate surface area is 151 Å². The Morgan fingerprint density at radius 3 is 2.80 bits per heavy atom. The molecule has 138 valence electrons. The molecule has 3 heteroatoms. The van der Waals surface area contributed by atoms with E-state index in [0.717, 1.165) is 51.4 Å². The fourth-order valence-electron chi connectivity index (χ4n) is 6.83. The van der Waals surface area contributed by atoms with Crippen LogP contribution >= 0.6 is 0 Å². The Bertz CT molecular complexity index is 606. The number of fused-ring (bicyclic) bond motifs is 5. The number of ketones is 1. The summed E-state index contributed by atoms with van der Waals surface area (Å²) in [6, 6.07) is 0. The van der Waals surface area contributed by atoms with E-state index in [2.05, 4.69) is 19.1 Å². The molecule has 6 atom stereocenters. The minimum atomic E-state index is -0.178. The lowest BCUT2D eigenvalue weighted by Gasteiger charge is -2.56. The van der Waals surface area contributed by atoms with Gasteiger partial charge in [0.2, 0.25) is 0 Å². The van der Waals surface area contributed by atoms with Gasteiger partial charge in [-0.05, 0) is 85.2 Å². The Hall–Kier alpha value is -0.930. The van der Waals surface area contributed by atoms with Crippen molar-refractivity contribution in [3.8, 4) is 0 Å². The summed E-state index contributed by atoms with van der Waals surface area (Å²) < 4.78 is 0. The van der Waals surface area contributed by atoms with E-state index in [4.69, 9.17) is 5.11 Å². The number of carbonyl (C=O) groups is 1. The van der Waals surface area contributed by atoms with Crippen molar-refractivity contribution in [3.63, 3.8) is 0 Å². The summed E-state index contributed by atoms with van der Waals surface area (Å²) in [5, 5.41) is 20.0. The van der Waals surface area contributed by atoms with E-state index in [9.17, 15) is 9.90 Å². The van der Waals surface area contributed by atoms with E-state index in [1.807, 2.05) is 6.08 Å². The predicted octanol–water partition coefficient (Wildman–Crippen LogP) is 3.80. The van der Waals surface area contributed by atoms with Crippen molar-refractivity contribution < 1.29 is 15.0 Å². The SMILES string of the molecule is C[C@]12CCC(=O)C=C1C=C[C@H]1[C@@H]3CC[C@H](O)[C@@]3(CCCCO)CC[C@@H]12. The summed E-state index contributed by atoms with van der Waals surface area (Å²) in [5.41, 5.74) is 1.44. The van der Waals surface area contributed by atoms with Gasteiger partial charge in [0.05, 0.1) is 6.10 Å². The molecule has 0 spiro atoms. The van der Waals surface area contributed by atoms with Crippen molar-refractivity contribution in [2.24, 2.45) is 28.6 Å². The van der Waals surface area contributed by atoms with Crippen LogP contribution in [0.15, 0.2) is 23.8 Å². The van der Waals surface area contributed by atoms with Gasteiger partial charge in [0.1, 0.15) is 0 Å². The zero-order valence-electron chi connectivity index (χ0n) is 15.4. The number of unbranched alkanes of at least 4 members (excludes halogenated alkanes) is 1. The fourth-order valence-corrected chi connectivity index (χ4v) is 6.83. The highest BCUT2D eigenvalue weighted by Crippen LogP contribution is 2.64. The Morgan fingerprint density at radius 2 is 2.00 bits per heavy atom. The zero-order chi connectivity index (χ0) is 17.7. The van der Waals surface area contributed by atoms with Gasteiger partial charge in [0, 0.05) is 13.0 Å². The molecule has 2 fully saturated rings. The first-order valence-electron chi connectivity index (χ1n) is 10.2. The summed E-state index contributed by atoms with van der Waals surface area (Å²) in [6.07, 6.45) is 15.2. The molecule has 4 rings (SSSR count). The van der Waals surface area contributed by atoms with E-state index < -0.39 is 0 Å². The predicted molar refractivity (Wildman–Crippen MR) is 97.9 cm³/mol. The monoisotopic (exact) mass is 344 g/mol. The normalized spacial score (nSPS) is 45.6. The van der Waals surface area contributed by atoms with Crippen molar-refractivity contribution in [2.45, 2.75) is 70.8 Å². The van der Waals surface area contributed by atoms with Crippen LogP contribution in [-0.2, 0) is 4.79 Å². The smallest absolute Gasteiger partial charge is 0.156 e. The lowest BCUT2D eigenvalue weighted by molar-refractivity contribution is -0.116. The van der Waals surface area contributed by atoms with Crippen molar-refractivity contribution >= 4 is 5.78 Å². The number of rotatable bonds is 4. The molecule has 0 heterocycles. The second-order valence-electron chi connectivity index (χ2n) is 9.18. The van der Waals surface area contributed by atoms with Gasteiger partial charge in [0.25, 0.3) is 0 Å². The maximum absolute atomic E-state index is 11.9. The largest absolute Gasteiger partial charge is 0.396 e. The fraction of sp³-hybridized carbons (Fsp3) is 0.773. The highest BCUT2D eigenvalue weighted by Gasteiger charge is 2.59. The van der Waals surface area contributed by atoms with Crippen LogP contribution in [0.2, 0.25) is 0 Å². The van der Waals surface area contributed by atoms with Crippen molar-refractivity contribution in [1.29, 1.82) is 0 Å². The molecule has 0 amide bonds. The van der Waals surface area contributed by atoms with Crippen molar-refractivity contribution in [2.75, 3.05) is 6.61 Å². The average molecular weight is 344 g/mol. The van der Waals surface area contributed by atoms with Crippen LogP contribution in [0.4, 0.5) is 0 Å². The molecule has 0 unspecified atom stereocenters. The first-order valence-corrected chi connectivity index (χ1v) is 10.2. The van der Waals surface area contributed by atoms with Crippen LogP contribution in [-0.4, -0.2) is 28.7 Å². The van der Waals surface area contributed by atoms with E-state index in [-0.39, 0.29) is 29.3 Å². The second kappa shape index (κ2) is 6.35. The van der Waals surface area contributed by atoms with Crippen LogP contribution in [0, 0.1) is 28.6 Å². The van der Waals surface area contributed by atoms with Gasteiger partial charge in [0.15, 0.2) is 5.78 Å². The third kappa shape index (κ3) is 2.57. The van der Waals surface area contributed by atoms with E-state index in [1.54, 1.807) is 0 Å². The number of hydrogen-bond donors (Lipinski definition) is 2. The molecule has 4 aliphatic rings. The van der Waals surface area contributed by atoms with E-state index >= 15 is 0 Å². The van der Waals surface area contributed by atoms with Gasteiger partial charge >= 0.3 is 0 Å². The van der Waals surface area contributed by atoms with Crippen LogP contribution in [0.3, 0.4) is 0 Å². The second-order valence-corrected chi connectivity index (χ2v) is 9.18. The number of aliphatic hydroxyl groups is 2. The first kappa shape index (κ1) is 17.5. The Balaban J connectivity index is 1.65. The third-order valence-corrected chi connectivity index (χ3v) is 8.24. The molecular weight excluding hydrogens is 312 g/mol. The number of hydrogen-bond acceptors (Lipinski definition) is 3. The molecule has 2 saturated carbocycles. The first-order chi connectivity index (χ1) is 12.0. The Morgan fingerprint density at radius 1 is 1.16 bits per heavy atom. The summed E-state index contributed by atoms with van der Waals surface area (Å²) >= 11 is 0. The van der Waals surface area contributed by atoms with Gasteiger partial charge in [-0.3, -0.25) is 4.79 Å². The molecule has 3 nitrogen and oxygen atoms in total. The highest BCUT2D eigenvalue weighted by molar-refractivity contribution is 5.92. The van der Waals surface area contributed by atoms with Gasteiger partial charge in [-0.2, -0.15) is 0 Å². The summed E-state index contributed by atoms with van der Waals surface area (Å²) in [5.74, 6) is 1.99. The molecule has 4 aliphatic carbocycles. The molecular formula is C22H32O3. The van der Waals surface area contributed by atoms with Crippen LogP contribution in [0.5, 0.6) is 0 Å². The lowest BCUT2D eigenvalue weighted by atomic mass is 9.48. The maximum atomic E-state index is 11.9. The van der Waals surface area contributed by atoms with Crippen molar-refractivity contribution in [1.82, 2.24) is 0 Å². The number of allylic oxidation sites excluding steroid dienone is 4. The summed E-state index contributed by atoms with van der Waals surface area (Å²) in [7, 11) is 0. The maximum Gasteiger partial charge on any atom is 0.156 e. The quantitative estimate of drug-likeness (QED) is 0.763. The van der Waals surface area contributed by atoms with E-state index in [1.165, 1.54) is 5.57 Å². The minimum Gasteiger partial charge on any atom is -0.396 e. The molecule has 2 N–H and O–H groups in total. The average Bonchev–Trinajstić information content (AvgIpc) is 2.93. The van der Waals surface area contributed by atoms with E-state index in [0.29, 0.717) is 24.2 Å². The van der Waals surface area contributed by atoms with Gasteiger partial charge < -0.3 is 10.2 Å².